The van der Waals surface area contributed by atoms with Crippen molar-refractivity contribution < 1.29 is 33.4 Å². The maximum atomic E-state index is 13.5. The Bertz CT molecular complexity index is 1710. The maximum absolute atomic E-state index is 13.5. The highest BCUT2D eigenvalue weighted by Crippen LogP contribution is 2.39. The van der Waals surface area contributed by atoms with Crippen LogP contribution in [0.1, 0.15) is 109 Å². The summed E-state index contributed by atoms with van der Waals surface area (Å²) in [6, 6.07) is 19.0. The van der Waals surface area contributed by atoms with E-state index in [0.717, 1.165) is 24.2 Å². The average Bonchev–Trinajstić information content (AvgIpc) is 3.09. The van der Waals surface area contributed by atoms with Gasteiger partial charge < -0.3 is 24.8 Å². The minimum Gasteiger partial charge on any atom is -0.493 e. The van der Waals surface area contributed by atoms with Crippen molar-refractivity contribution in [2.45, 2.75) is 104 Å². The van der Waals surface area contributed by atoms with Gasteiger partial charge in [0.05, 0.1) is 25.0 Å². The third-order valence-electron chi connectivity index (χ3n) is 9.29. The monoisotopic (exact) mass is 720 g/mol. The Balaban J connectivity index is 1.80. The molecular weight excluding hydrogens is 668 g/mol. The molecule has 0 saturated carbocycles. The van der Waals surface area contributed by atoms with Crippen LogP contribution in [0.4, 0.5) is 11.4 Å². The maximum Gasteiger partial charge on any atom is 0.339 e. The van der Waals surface area contributed by atoms with Crippen LogP contribution in [0.3, 0.4) is 0 Å². The second kappa shape index (κ2) is 16.8. The predicted molar refractivity (Wildman–Crippen MR) is 203 cm³/mol. The van der Waals surface area contributed by atoms with Gasteiger partial charge in [0, 0.05) is 29.2 Å². The fraction of sp³-hybridized carbons (Fsp3) is 0.463. The lowest BCUT2D eigenvalue weighted by molar-refractivity contribution is -0.144. The smallest absolute Gasteiger partial charge is 0.339 e. The lowest BCUT2D eigenvalue weighted by Crippen LogP contribution is -2.54. The second-order valence-electron chi connectivity index (χ2n) is 15.0. The van der Waals surface area contributed by atoms with Crippen molar-refractivity contribution in [3.63, 3.8) is 0 Å². The van der Waals surface area contributed by atoms with Crippen LogP contribution in [0, 0.1) is 5.41 Å². The first-order chi connectivity index (χ1) is 23.8. The standard InChI is InChI=1S/C41H53ClN2O7/c1-11-39(6,7)27-20-23-33(31(25-27)40(8,9)12-2)50-24-16-19-34(45)44-32-26-29(21-22-30(32)35(46)49-10)51-41(42,36(47)38(3,4)5)37(48)43-28-17-14-13-15-18-28/h13-15,17-18,20-23,25-26H,11-12,16,19,24H2,1-10H3,(H,43,48)(H,44,45). The van der Waals surface area contributed by atoms with Gasteiger partial charge in [0.1, 0.15) is 11.5 Å². The number of alkyl halides is 1. The molecule has 0 radical (unpaired) electrons. The van der Waals surface area contributed by atoms with E-state index in [9.17, 15) is 19.2 Å². The van der Waals surface area contributed by atoms with Gasteiger partial charge >= 0.3 is 11.0 Å². The molecule has 0 heterocycles. The highest BCUT2D eigenvalue weighted by Gasteiger charge is 2.51. The first-order valence-electron chi connectivity index (χ1n) is 17.4. The van der Waals surface area contributed by atoms with E-state index >= 15 is 0 Å². The number of ketones is 1. The Morgan fingerprint density at radius 2 is 1.43 bits per heavy atom. The van der Waals surface area contributed by atoms with Crippen molar-refractivity contribution in [1.82, 2.24) is 0 Å². The van der Waals surface area contributed by atoms with E-state index in [4.69, 9.17) is 25.8 Å². The molecule has 3 aromatic carbocycles. The molecule has 276 valence electrons. The molecule has 0 bridgehead atoms. The molecule has 2 amide bonds. The molecule has 0 aliphatic heterocycles. The van der Waals surface area contributed by atoms with E-state index < -0.39 is 28.1 Å². The Kier molecular flexibility index (Phi) is 13.5. The quantitative estimate of drug-likeness (QED) is 0.0655. The lowest BCUT2D eigenvalue weighted by atomic mass is 9.76. The zero-order valence-corrected chi connectivity index (χ0v) is 32.4. The van der Waals surface area contributed by atoms with Crippen molar-refractivity contribution in [2.24, 2.45) is 5.41 Å². The van der Waals surface area contributed by atoms with Gasteiger partial charge in [-0.1, -0.05) is 104 Å². The third kappa shape index (κ3) is 10.3. The van der Waals surface area contributed by atoms with Crippen LogP contribution in [0.2, 0.25) is 0 Å². The van der Waals surface area contributed by atoms with Gasteiger partial charge in [-0.2, -0.15) is 0 Å². The molecule has 0 saturated heterocycles. The topological polar surface area (TPSA) is 120 Å². The summed E-state index contributed by atoms with van der Waals surface area (Å²) in [4.78, 5) is 52.9. The molecule has 3 aromatic rings. The average molecular weight is 721 g/mol. The highest BCUT2D eigenvalue weighted by atomic mass is 35.5. The van der Waals surface area contributed by atoms with Crippen LogP contribution >= 0.6 is 11.6 Å². The Hall–Kier alpha value is -4.37. The number of benzene rings is 3. The van der Waals surface area contributed by atoms with Crippen molar-refractivity contribution in [3.8, 4) is 11.5 Å². The molecule has 0 aliphatic carbocycles. The summed E-state index contributed by atoms with van der Waals surface area (Å²) in [5, 5.41) is 2.91. The van der Waals surface area contributed by atoms with Gasteiger partial charge in [-0.3, -0.25) is 14.4 Å². The number of nitrogens with one attached hydrogen (secondary N) is 2. The summed E-state index contributed by atoms with van der Waals surface area (Å²) in [6.45, 7) is 18.4. The summed E-state index contributed by atoms with van der Waals surface area (Å²) >= 11 is 6.74. The van der Waals surface area contributed by atoms with Gasteiger partial charge in [-0.25, -0.2) is 4.79 Å². The normalized spacial score (nSPS) is 13.1. The van der Waals surface area contributed by atoms with Gasteiger partial charge in [0.2, 0.25) is 11.7 Å². The number of para-hydroxylation sites is 1. The van der Waals surface area contributed by atoms with E-state index in [2.05, 4.69) is 64.3 Å². The summed E-state index contributed by atoms with van der Waals surface area (Å²) in [5.41, 5.74) is 1.77. The Morgan fingerprint density at radius 1 is 0.784 bits per heavy atom. The van der Waals surface area contributed by atoms with Crippen molar-refractivity contribution >= 4 is 46.5 Å². The molecule has 3 rings (SSSR count). The third-order valence-corrected chi connectivity index (χ3v) is 9.71. The fourth-order valence-electron chi connectivity index (χ4n) is 5.18. The molecule has 51 heavy (non-hydrogen) atoms. The van der Waals surface area contributed by atoms with Crippen LogP contribution in [0.5, 0.6) is 11.5 Å². The Morgan fingerprint density at radius 3 is 2.02 bits per heavy atom. The van der Waals surface area contributed by atoms with E-state index in [1.807, 2.05) is 6.07 Å². The first-order valence-corrected chi connectivity index (χ1v) is 17.8. The number of hydrogen-bond acceptors (Lipinski definition) is 7. The van der Waals surface area contributed by atoms with Crippen LogP contribution in [0.25, 0.3) is 0 Å². The van der Waals surface area contributed by atoms with E-state index in [0.29, 0.717) is 18.7 Å². The molecule has 1 atom stereocenters. The summed E-state index contributed by atoms with van der Waals surface area (Å²) in [6.07, 6.45) is 2.42. The number of hydrogen-bond donors (Lipinski definition) is 2. The van der Waals surface area contributed by atoms with Crippen LogP contribution in [-0.4, -0.2) is 42.3 Å². The van der Waals surface area contributed by atoms with E-state index in [-0.39, 0.29) is 40.2 Å². The fourth-order valence-corrected chi connectivity index (χ4v) is 5.60. The SMILES string of the molecule is CCC(C)(C)c1ccc(OCCCC(=O)Nc2cc(OC(Cl)(C(=O)Nc3ccccc3)C(=O)C(C)(C)C)ccc2C(=O)OC)c(C(C)(C)CC)c1. The van der Waals surface area contributed by atoms with Crippen LogP contribution in [-0.2, 0) is 30.0 Å². The Labute approximate surface area is 307 Å². The summed E-state index contributed by atoms with van der Waals surface area (Å²) in [7, 11) is 1.22. The number of rotatable bonds is 16. The van der Waals surface area contributed by atoms with Crippen LogP contribution < -0.4 is 20.1 Å². The number of Topliss-reactive ketones (excluding diaryl/α,β-unsaturated/α-hetero) is 1. The number of carbonyl (C=O) groups excluding carboxylic acids is 4. The first kappa shape index (κ1) is 41.1. The number of halogens is 1. The molecule has 1 unspecified atom stereocenters. The summed E-state index contributed by atoms with van der Waals surface area (Å²) in [5.74, 6) is -1.92. The van der Waals surface area contributed by atoms with E-state index in [1.54, 1.807) is 51.1 Å². The number of ether oxygens (including phenoxy) is 3. The zero-order valence-electron chi connectivity index (χ0n) is 31.6. The molecule has 9 nitrogen and oxygen atoms in total. The molecule has 2 N–H and O–H groups in total. The number of carbonyl (C=O) groups is 4. The van der Waals surface area contributed by atoms with Crippen molar-refractivity contribution in [1.29, 1.82) is 0 Å². The predicted octanol–water partition coefficient (Wildman–Crippen LogP) is 9.21. The van der Waals surface area contributed by atoms with Crippen molar-refractivity contribution in [2.75, 3.05) is 24.4 Å². The van der Waals surface area contributed by atoms with Crippen molar-refractivity contribution in [3.05, 3.63) is 83.4 Å². The summed E-state index contributed by atoms with van der Waals surface area (Å²) < 4.78 is 17.1. The van der Waals surface area contributed by atoms with Gasteiger partial charge in [-0.05, 0) is 66.0 Å². The largest absolute Gasteiger partial charge is 0.493 e. The molecule has 0 aromatic heterocycles. The van der Waals surface area contributed by atoms with E-state index in [1.165, 1.54) is 30.9 Å². The zero-order chi connectivity index (χ0) is 38.2. The molecule has 0 aliphatic rings. The van der Waals surface area contributed by atoms with Crippen LogP contribution in [0.15, 0.2) is 66.7 Å². The molecule has 10 heteroatoms. The second-order valence-corrected chi connectivity index (χ2v) is 15.5. The van der Waals surface area contributed by atoms with Gasteiger partial charge in [0.25, 0.3) is 5.91 Å². The lowest BCUT2D eigenvalue weighted by Gasteiger charge is -2.31. The number of anilines is 2. The minimum absolute atomic E-state index is 0.0298. The van der Waals surface area contributed by atoms with Gasteiger partial charge in [0.15, 0.2) is 0 Å². The highest BCUT2D eigenvalue weighted by molar-refractivity contribution is 6.47. The molecule has 0 spiro atoms. The minimum atomic E-state index is -2.48. The van der Waals surface area contributed by atoms with Gasteiger partial charge in [-0.15, -0.1) is 0 Å². The number of methoxy groups -OCH3 is 1. The number of esters is 1. The molecule has 0 fully saturated rings. The molecular formula is C41H53ClN2O7. The number of amides is 2.